The van der Waals surface area contributed by atoms with Gasteiger partial charge in [-0.05, 0) is 6.07 Å². The van der Waals surface area contributed by atoms with Crippen molar-refractivity contribution in [1.82, 2.24) is 0 Å². The topological polar surface area (TPSA) is 60.4 Å². The lowest BCUT2D eigenvalue weighted by atomic mass is 10.5. The summed E-state index contributed by atoms with van der Waals surface area (Å²) in [5.74, 6) is 0. The summed E-state index contributed by atoms with van der Waals surface area (Å²) in [4.78, 5) is 10.3. The van der Waals surface area contributed by atoms with Crippen LogP contribution in [0.4, 0.5) is 0 Å². The van der Waals surface area contributed by atoms with Gasteiger partial charge in [0.2, 0.25) is 0 Å². The number of aldehydes is 1. The molecule has 0 atom stereocenters. The van der Waals surface area contributed by atoms with E-state index in [0.29, 0.717) is 6.29 Å². The third kappa shape index (κ3) is 2.08. The minimum Gasteiger partial charge on any atom is -0.297 e. The predicted molar refractivity (Wildman–Crippen MR) is 48.9 cm³/mol. The Morgan fingerprint density at radius 1 is 1.62 bits per heavy atom. The Labute approximate surface area is 84.2 Å². The molecule has 1 rings (SSSR count). The van der Waals surface area contributed by atoms with Crippen LogP contribution >= 0.6 is 22.9 Å². The fourth-order valence-electron chi connectivity index (χ4n) is 0.726. The smallest absolute Gasteiger partial charge is 0.297 e. The average Bonchev–Trinajstić information content (AvgIpc) is 2.47. The van der Waals surface area contributed by atoms with Gasteiger partial charge < -0.3 is 0 Å². The molecule has 0 fully saturated rings. The second kappa shape index (κ2) is 3.75. The second-order valence-corrected chi connectivity index (χ2v) is 5.41. The van der Waals surface area contributed by atoms with Crippen molar-refractivity contribution in [2.45, 2.75) is 4.90 Å². The number of hydrogen-bond donors (Lipinski definition) is 0. The molecule has 0 amide bonds. The summed E-state index contributed by atoms with van der Waals surface area (Å²) >= 11 is 6.44. The molecule has 0 saturated heterocycles. The van der Waals surface area contributed by atoms with E-state index in [1.807, 2.05) is 0 Å². The van der Waals surface area contributed by atoms with Crippen LogP contribution in [0.2, 0.25) is 4.34 Å². The van der Waals surface area contributed by atoms with Crippen molar-refractivity contribution < 1.29 is 17.4 Å². The zero-order chi connectivity index (χ0) is 10.1. The minimum absolute atomic E-state index is 0.0480. The molecule has 0 spiro atoms. The van der Waals surface area contributed by atoms with Crippen LogP contribution in [0.3, 0.4) is 0 Å². The van der Waals surface area contributed by atoms with E-state index in [-0.39, 0.29) is 14.1 Å². The molecule has 1 heterocycles. The lowest BCUT2D eigenvalue weighted by molar-refractivity contribution is 0.112. The number of carbonyl (C=O) groups is 1. The summed E-state index contributed by atoms with van der Waals surface area (Å²) in [6.07, 6.45) is 0.433. The number of halogens is 1. The molecular weight excluding hydrogens is 236 g/mol. The summed E-state index contributed by atoms with van der Waals surface area (Å²) in [5, 5.41) is 0. The Kier molecular flexibility index (Phi) is 3.07. The number of carbonyl (C=O) groups excluding carboxylic acids is 1. The highest BCUT2D eigenvalue weighted by Gasteiger charge is 2.20. The van der Waals surface area contributed by atoms with E-state index in [0.717, 1.165) is 18.4 Å². The third-order valence-electron chi connectivity index (χ3n) is 1.29. The van der Waals surface area contributed by atoms with Gasteiger partial charge in [0.25, 0.3) is 10.1 Å². The molecule has 1 aromatic rings. The first-order valence-electron chi connectivity index (χ1n) is 3.06. The maximum absolute atomic E-state index is 11.2. The van der Waals surface area contributed by atoms with E-state index in [9.17, 15) is 13.2 Å². The number of hydrogen-bond acceptors (Lipinski definition) is 5. The van der Waals surface area contributed by atoms with Crippen LogP contribution in [0.15, 0.2) is 11.0 Å². The van der Waals surface area contributed by atoms with Crippen molar-refractivity contribution in [3.05, 3.63) is 15.3 Å². The van der Waals surface area contributed by atoms with Gasteiger partial charge >= 0.3 is 0 Å². The Morgan fingerprint density at radius 3 is 2.69 bits per heavy atom. The van der Waals surface area contributed by atoms with E-state index in [1.54, 1.807) is 0 Å². The van der Waals surface area contributed by atoms with Crippen LogP contribution in [0.1, 0.15) is 9.67 Å². The normalized spacial score (nSPS) is 11.5. The largest absolute Gasteiger partial charge is 0.298 e. The highest BCUT2D eigenvalue weighted by molar-refractivity contribution is 7.87. The average molecular weight is 241 g/mol. The molecule has 4 nitrogen and oxygen atoms in total. The number of thiophene rings is 1. The molecule has 7 heteroatoms. The van der Waals surface area contributed by atoms with Crippen molar-refractivity contribution in [2.75, 3.05) is 7.11 Å². The van der Waals surface area contributed by atoms with Gasteiger partial charge in [-0.3, -0.25) is 8.98 Å². The Hall–Kier alpha value is -0.430. The predicted octanol–water partition coefficient (Wildman–Crippen LogP) is 1.55. The van der Waals surface area contributed by atoms with Crippen LogP contribution < -0.4 is 0 Å². The summed E-state index contributed by atoms with van der Waals surface area (Å²) in [6, 6.07) is 1.19. The van der Waals surface area contributed by atoms with Gasteiger partial charge in [-0.25, -0.2) is 0 Å². The van der Waals surface area contributed by atoms with Crippen LogP contribution in [0.5, 0.6) is 0 Å². The Balaban J connectivity index is 3.37. The van der Waals surface area contributed by atoms with Crippen LogP contribution in [-0.4, -0.2) is 21.8 Å². The summed E-state index contributed by atoms with van der Waals surface area (Å²) in [6.45, 7) is 0. The van der Waals surface area contributed by atoms with Crippen molar-refractivity contribution in [3.8, 4) is 0 Å². The molecule has 72 valence electrons. The van der Waals surface area contributed by atoms with E-state index >= 15 is 0 Å². The SMILES string of the molecule is COS(=O)(=O)c1cc(Cl)sc1C=O. The zero-order valence-corrected chi connectivity index (χ0v) is 8.87. The molecule has 0 aliphatic rings. The highest BCUT2D eigenvalue weighted by Crippen LogP contribution is 2.29. The molecule has 0 aliphatic heterocycles. The molecule has 0 aromatic carbocycles. The van der Waals surface area contributed by atoms with Gasteiger partial charge in [-0.15, -0.1) is 11.3 Å². The third-order valence-corrected chi connectivity index (χ3v) is 3.92. The summed E-state index contributed by atoms with van der Waals surface area (Å²) in [5.41, 5.74) is 0. The maximum atomic E-state index is 11.2. The van der Waals surface area contributed by atoms with E-state index in [2.05, 4.69) is 4.18 Å². The van der Waals surface area contributed by atoms with E-state index in [1.165, 1.54) is 6.07 Å². The molecule has 13 heavy (non-hydrogen) atoms. The first-order valence-corrected chi connectivity index (χ1v) is 5.66. The second-order valence-electron chi connectivity index (χ2n) is 2.02. The van der Waals surface area contributed by atoms with Crippen LogP contribution in [0.25, 0.3) is 0 Å². The van der Waals surface area contributed by atoms with Gasteiger partial charge in [0.05, 0.1) is 16.3 Å². The fraction of sp³-hybridized carbons (Fsp3) is 0.167. The number of rotatable bonds is 3. The molecular formula is C6H5ClO4S2. The van der Waals surface area contributed by atoms with E-state index in [4.69, 9.17) is 11.6 Å². The van der Waals surface area contributed by atoms with Gasteiger partial charge in [0.15, 0.2) is 6.29 Å². The van der Waals surface area contributed by atoms with Crippen LogP contribution in [-0.2, 0) is 14.3 Å². The first-order chi connectivity index (χ1) is 6.01. The first kappa shape index (κ1) is 10.6. The summed E-state index contributed by atoms with van der Waals surface area (Å²) < 4.78 is 26.8. The van der Waals surface area contributed by atoms with Gasteiger partial charge in [-0.2, -0.15) is 8.42 Å². The fourth-order valence-corrected chi connectivity index (χ4v) is 2.99. The van der Waals surface area contributed by atoms with Crippen molar-refractivity contribution in [3.63, 3.8) is 0 Å². The van der Waals surface area contributed by atoms with E-state index < -0.39 is 10.1 Å². The molecule has 0 aliphatic carbocycles. The van der Waals surface area contributed by atoms with Crippen LogP contribution in [0, 0.1) is 0 Å². The minimum atomic E-state index is -3.83. The molecule has 0 radical (unpaired) electrons. The van der Waals surface area contributed by atoms with Crippen molar-refractivity contribution >= 4 is 39.3 Å². The molecule has 1 aromatic heterocycles. The maximum Gasteiger partial charge on any atom is 0.298 e. The Bertz CT molecular complexity index is 420. The Morgan fingerprint density at radius 2 is 2.23 bits per heavy atom. The van der Waals surface area contributed by atoms with Gasteiger partial charge in [0.1, 0.15) is 4.90 Å². The molecule has 0 saturated carbocycles. The van der Waals surface area contributed by atoms with Gasteiger partial charge in [0, 0.05) is 0 Å². The lowest BCUT2D eigenvalue weighted by Crippen LogP contribution is -2.03. The lowest BCUT2D eigenvalue weighted by Gasteiger charge is -1.97. The standard InChI is InChI=1S/C6H5ClO4S2/c1-11-13(9,10)5-2-6(7)12-4(5)3-8/h2-3H,1H3. The van der Waals surface area contributed by atoms with Crippen molar-refractivity contribution in [1.29, 1.82) is 0 Å². The summed E-state index contributed by atoms with van der Waals surface area (Å²) in [7, 11) is -2.80. The quantitative estimate of drug-likeness (QED) is 0.594. The van der Waals surface area contributed by atoms with Crippen molar-refractivity contribution in [2.24, 2.45) is 0 Å². The van der Waals surface area contributed by atoms with Gasteiger partial charge in [-0.1, -0.05) is 11.6 Å². The highest BCUT2D eigenvalue weighted by atomic mass is 35.5. The molecule has 0 unspecified atom stereocenters. The molecule has 0 bridgehead atoms. The monoisotopic (exact) mass is 240 g/mol. The zero-order valence-electron chi connectivity index (χ0n) is 6.48. The molecule has 0 N–H and O–H groups in total.